The van der Waals surface area contributed by atoms with Crippen molar-refractivity contribution in [2.75, 3.05) is 26.3 Å². The van der Waals surface area contributed by atoms with Crippen molar-refractivity contribution in [2.24, 2.45) is 5.92 Å². The molecule has 2 aliphatic heterocycles. The first-order valence-electron chi connectivity index (χ1n) is 9.17. The van der Waals surface area contributed by atoms with E-state index in [0.29, 0.717) is 37.0 Å². The molecule has 0 saturated carbocycles. The molecule has 0 bridgehead atoms. The number of carbonyl (C=O) groups excluding carboxylic acids is 1. The average Bonchev–Trinajstić information content (AvgIpc) is 3.19. The molecular weight excluding hydrogens is 337 g/mol. The first kappa shape index (κ1) is 17.1. The van der Waals surface area contributed by atoms with Crippen LogP contribution in [0, 0.1) is 11.7 Å². The van der Waals surface area contributed by atoms with Crippen LogP contribution in [0.1, 0.15) is 37.5 Å². The van der Waals surface area contributed by atoms with Gasteiger partial charge in [-0.3, -0.25) is 4.79 Å². The summed E-state index contributed by atoms with van der Waals surface area (Å²) in [7, 11) is 0. The van der Waals surface area contributed by atoms with Gasteiger partial charge in [0.05, 0.1) is 5.92 Å². The fourth-order valence-corrected chi connectivity index (χ4v) is 3.70. The molecule has 6 nitrogen and oxygen atoms in total. The number of carbonyl (C=O) groups is 1. The molecule has 1 atom stereocenters. The summed E-state index contributed by atoms with van der Waals surface area (Å²) in [4.78, 5) is 19.2. The first-order valence-corrected chi connectivity index (χ1v) is 9.17. The second-order valence-electron chi connectivity index (χ2n) is 6.97. The summed E-state index contributed by atoms with van der Waals surface area (Å²) in [5.41, 5.74) is 0.715. The van der Waals surface area contributed by atoms with E-state index >= 15 is 0 Å². The van der Waals surface area contributed by atoms with E-state index in [9.17, 15) is 9.18 Å². The molecule has 0 spiro atoms. The van der Waals surface area contributed by atoms with Crippen LogP contribution in [0.4, 0.5) is 4.39 Å². The Balaban J connectivity index is 1.44. The minimum atomic E-state index is -0.299. The number of piperidine rings is 1. The van der Waals surface area contributed by atoms with Gasteiger partial charge in [-0.25, -0.2) is 4.39 Å². The van der Waals surface area contributed by atoms with Gasteiger partial charge in [-0.1, -0.05) is 5.16 Å². The lowest BCUT2D eigenvalue weighted by molar-refractivity contribution is -0.139. The van der Waals surface area contributed by atoms with Crippen molar-refractivity contribution >= 4 is 5.91 Å². The van der Waals surface area contributed by atoms with Crippen LogP contribution >= 0.6 is 0 Å². The third-order valence-electron chi connectivity index (χ3n) is 5.20. The van der Waals surface area contributed by atoms with Crippen LogP contribution in [-0.2, 0) is 9.53 Å². The van der Waals surface area contributed by atoms with Gasteiger partial charge in [0.25, 0.3) is 0 Å². The highest BCUT2D eigenvalue weighted by Crippen LogP contribution is 2.29. The van der Waals surface area contributed by atoms with Gasteiger partial charge in [0, 0.05) is 37.8 Å². The van der Waals surface area contributed by atoms with Crippen molar-refractivity contribution in [1.29, 1.82) is 0 Å². The minimum Gasteiger partial charge on any atom is -0.381 e. The topological polar surface area (TPSA) is 68.5 Å². The van der Waals surface area contributed by atoms with Crippen molar-refractivity contribution in [3.8, 4) is 11.4 Å². The molecule has 26 heavy (non-hydrogen) atoms. The van der Waals surface area contributed by atoms with Gasteiger partial charge in [0.15, 0.2) is 0 Å². The Bertz CT molecular complexity index is 756. The number of hydrogen-bond donors (Lipinski definition) is 0. The molecule has 0 radical (unpaired) electrons. The van der Waals surface area contributed by atoms with Crippen LogP contribution in [0.25, 0.3) is 11.4 Å². The number of likely N-dealkylation sites (tertiary alicyclic amines) is 1. The van der Waals surface area contributed by atoms with Crippen LogP contribution in [0.3, 0.4) is 0 Å². The van der Waals surface area contributed by atoms with E-state index < -0.39 is 0 Å². The van der Waals surface area contributed by atoms with Crippen LogP contribution in [0.2, 0.25) is 0 Å². The van der Waals surface area contributed by atoms with Gasteiger partial charge in [-0.2, -0.15) is 4.98 Å². The summed E-state index contributed by atoms with van der Waals surface area (Å²) >= 11 is 0. The maximum absolute atomic E-state index is 13.1. The van der Waals surface area contributed by atoms with E-state index in [-0.39, 0.29) is 23.6 Å². The highest BCUT2D eigenvalue weighted by atomic mass is 19.1. The SMILES string of the molecule is O=C(C1CCOCC1)N1CCCC(c2nc(-c3ccc(F)cc3)no2)C1. The Morgan fingerprint density at radius 1 is 1.15 bits per heavy atom. The Hall–Kier alpha value is -2.28. The van der Waals surface area contributed by atoms with Crippen molar-refractivity contribution in [3.63, 3.8) is 0 Å². The van der Waals surface area contributed by atoms with E-state index in [0.717, 1.165) is 32.2 Å². The normalized spacial score (nSPS) is 21.7. The third kappa shape index (κ3) is 3.62. The molecule has 7 heteroatoms. The Morgan fingerprint density at radius 3 is 2.69 bits per heavy atom. The van der Waals surface area contributed by atoms with Gasteiger partial charge >= 0.3 is 0 Å². The van der Waals surface area contributed by atoms with Gasteiger partial charge in [0.1, 0.15) is 5.82 Å². The van der Waals surface area contributed by atoms with Crippen molar-refractivity contribution in [3.05, 3.63) is 36.0 Å². The van der Waals surface area contributed by atoms with E-state index in [1.807, 2.05) is 4.90 Å². The highest BCUT2D eigenvalue weighted by Gasteiger charge is 2.32. The molecule has 1 aromatic heterocycles. The van der Waals surface area contributed by atoms with Crippen LogP contribution in [-0.4, -0.2) is 47.3 Å². The largest absolute Gasteiger partial charge is 0.381 e. The lowest BCUT2D eigenvalue weighted by Gasteiger charge is -2.34. The summed E-state index contributed by atoms with van der Waals surface area (Å²) < 4.78 is 23.9. The van der Waals surface area contributed by atoms with E-state index in [2.05, 4.69) is 10.1 Å². The van der Waals surface area contributed by atoms with E-state index in [1.54, 1.807) is 12.1 Å². The zero-order valence-corrected chi connectivity index (χ0v) is 14.6. The number of halogens is 1. The second kappa shape index (κ2) is 7.53. The maximum atomic E-state index is 13.1. The molecule has 2 aromatic rings. The fourth-order valence-electron chi connectivity index (χ4n) is 3.70. The molecule has 1 aromatic carbocycles. The van der Waals surface area contributed by atoms with Gasteiger partial charge in [-0.15, -0.1) is 0 Å². The number of aromatic nitrogens is 2. The molecule has 0 N–H and O–H groups in total. The molecule has 138 valence electrons. The quantitative estimate of drug-likeness (QED) is 0.843. The van der Waals surface area contributed by atoms with Crippen LogP contribution in [0.5, 0.6) is 0 Å². The van der Waals surface area contributed by atoms with Crippen molar-refractivity contribution in [1.82, 2.24) is 15.0 Å². The molecule has 3 heterocycles. The minimum absolute atomic E-state index is 0.0502. The zero-order valence-electron chi connectivity index (χ0n) is 14.6. The summed E-state index contributed by atoms with van der Waals surface area (Å²) in [6.07, 6.45) is 3.45. The number of benzene rings is 1. The summed E-state index contributed by atoms with van der Waals surface area (Å²) in [6.45, 7) is 2.73. The predicted molar refractivity (Wildman–Crippen MR) is 91.8 cm³/mol. The Labute approximate surface area is 151 Å². The molecule has 2 fully saturated rings. The summed E-state index contributed by atoms with van der Waals surface area (Å²) in [6, 6.07) is 6.01. The molecular formula is C19H22FN3O3. The molecule has 2 saturated heterocycles. The first-order chi connectivity index (χ1) is 12.7. The van der Waals surface area contributed by atoms with Gasteiger partial charge < -0.3 is 14.2 Å². The van der Waals surface area contributed by atoms with Gasteiger partial charge in [-0.05, 0) is 49.9 Å². The monoisotopic (exact) mass is 359 g/mol. The highest BCUT2D eigenvalue weighted by molar-refractivity contribution is 5.79. The van der Waals surface area contributed by atoms with Crippen LogP contribution in [0.15, 0.2) is 28.8 Å². The lowest BCUT2D eigenvalue weighted by Crippen LogP contribution is -2.43. The summed E-state index contributed by atoms with van der Waals surface area (Å²) in [5, 5.41) is 4.02. The van der Waals surface area contributed by atoms with E-state index in [4.69, 9.17) is 9.26 Å². The molecule has 4 rings (SSSR count). The fraction of sp³-hybridized carbons (Fsp3) is 0.526. The molecule has 0 aliphatic carbocycles. The number of hydrogen-bond acceptors (Lipinski definition) is 5. The molecule has 2 aliphatic rings. The lowest BCUT2D eigenvalue weighted by atomic mass is 9.94. The Morgan fingerprint density at radius 2 is 1.92 bits per heavy atom. The van der Waals surface area contributed by atoms with Crippen LogP contribution < -0.4 is 0 Å². The standard InChI is InChI=1S/C19H22FN3O3/c20-16-5-3-13(4-6-16)17-21-18(26-22-17)15-2-1-9-23(12-15)19(24)14-7-10-25-11-8-14/h3-6,14-15H,1-2,7-12H2. The smallest absolute Gasteiger partial charge is 0.231 e. The van der Waals surface area contributed by atoms with E-state index in [1.165, 1.54) is 12.1 Å². The predicted octanol–water partition coefficient (Wildman–Crippen LogP) is 3.01. The summed E-state index contributed by atoms with van der Waals surface area (Å²) in [5.74, 6) is 1.04. The van der Waals surface area contributed by atoms with Crippen molar-refractivity contribution < 1.29 is 18.4 Å². The number of ether oxygens (including phenoxy) is 1. The third-order valence-corrected chi connectivity index (χ3v) is 5.20. The number of amides is 1. The Kier molecular flexibility index (Phi) is 4.97. The van der Waals surface area contributed by atoms with Crippen molar-refractivity contribution in [2.45, 2.75) is 31.6 Å². The molecule has 1 unspecified atom stereocenters. The van der Waals surface area contributed by atoms with Gasteiger partial charge in [0.2, 0.25) is 17.6 Å². The number of nitrogens with zero attached hydrogens (tertiary/aromatic N) is 3. The maximum Gasteiger partial charge on any atom is 0.231 e. The number of rotatable bonds is 3. The second-order valence-corrected chi connectivity index (χ2v) is 6.97. The average molecular weight is 359 g/mol. The molecule has 1 amide bonds. The zero-order chi connectivity index (χ0) is 17.9.